The van der Waals surface area contributed by atoms with E-state index in [9.17, 15) is 9.59 Å². The average molecular weight is 271 g/mol. The van der Waals surface area contributed by atoms with Crippen molar-refractivity contribution < 1.29 is 24.2 Å². The SMILES string of the molecule is CC(C)(C)OC(=O)N1CC2(C[C@@H](CC(=O)O)CO2)C1. The van der Waals surface area contributed by atoms with Crippen molar-refractivity contribution in [2.24, 2.45) is 5.92 Å². The predicted octanol–water partition coefficient (Wildman–Crippen LogP) is 1.49. The van der Waals surface area contributed by atoms with Crippen molar-refractivity contribution in [2.75, 3.05) is 19.7 Å². The third-order valence-corrected chi connectivity index (χ3v) is 3.36. The third kappa shape index (κ3) is 3.37. The Kier molecular flexibility index (Phi) is 3.47. The standard InChI is InChI=1S/C13H21NO5/c1-12(2,3)19-11(17)14-7-13(8-14)5-9(6-18-13)4-10(15)16/h9H,4-8H2,1-3H3,(H,15,16)/t9-/m1/s1. The molecule has 2 fully saturated rings. The summed E-state index contributed by atoms with van der Waals surface area (Å²) >= 11 is 0. The van der Waals surface area contributed by atoms with Gasteiger partial charge in [-0.25, -0.2) is 4.79 Å². The maximum absolute atomic E-state index is 11.8. The smallest absolute Gasteiger partial charge is 0.410 e. The first-order chi connectivity index (χ1) is 8.69. The fourth-order valence-electron chi connectivity index (χ4n) is 2.64. The molecule has 0 radical (unpaired) electrons. The molecule has 0 unspecified atom stereocenters. The van der Waals surface area contributed by atoms with Gasteiger partial charge < -0.3 is 19.5 Å². The minimum absolute atomic E-state index is 0.0540. The molecule has 1 atom stereocenters. The molecular formula is C13H21NO5. The quantitative estimate of drug-likeness (QED) is 0.823. The highest BCUT2D eigenvalue weighted by molar-refractivity contribution is 5.70. The monoisotopic (exact) mass is 271 g/mol. The van der Waals surface area contributed by atoms with Crippen molar-refractivity contribution >= 4 is 12.1 Å². The van der Waals surface area contributed by atoms with Crippen molar-refractivity contribution in [1.82, 2.24) is 4.90 Å². The molecule has 108 valence electrons. The van der Waals surface area contributed by atoms with E-state index in [2.05, 4.69) is 0 Å². The molecule has 0 aromatic carbocycles. The third-order valence-electron chi connectivity index (χ3n) is 3.36. The highest BCUT2D eigenvalue weighted by atomic mass is 16.6. The summed E-state index contributed by atoms with van der Waals surface area (Å²) in [5.74, 6) is -0.743. The molecule has 2 aliphatic heterocycles. The lowest BCUT2D eigenvalue weighted by molar-refractivity contribution is -0.138. The van der Waals surface area contributed by atoms with E-state index in [-0.39, 0.29) is 24.0 Å². The van der Waals surface area contributed by atoms with Crippen LogP contribution in [-0.4, -0.2) is 53.0 Å². The molecule has 6 heteroatoms. The van der Waals surface area contributed by atoms with Gasteiger partial charge in [0.2, 0.25) is 0 Å². The van der Waals surface area contributed by atoms with Gasteiger partial charge in [-0.1, -0.05) is 0 Å². The summed E-state index contributed by atoms with van der Waals surface area (Å²) in [5.41, 5.74) is -0.834. The first-order valence-electron chi connectivity index (χ1n) is 6.53. The molecule has 0 aromatic rings. The van der Waals surface area contributed by atoms with E-state index in [1.807, 2.05) is 20.8 Å². The van der Waals surface area contributed by atoms with Crippen LogP contribution in [0, 0.1) is 5.92 Å². The van der Waals surface area contributed by atoms with Crippen LogP contribution in [0.4, 0.5) is 4.79 Å². The fraction of sp³-hybridized carbons (Fsp3) is 0.846. The minimum Gasteiger partial charge on any atom is -0.481 e. The summed E-state index contributed by atoms with van der Waals surface area (Å²) in [4.78, 5) is 24.1. The number of ether oxygens (including phenoxy) is 2. The van der Waals surface area contributed by atoms with Crippen LogP contribution in [0.1, 0.15) is 33.6 Å². The van der Waals surface area contributed by atoms with Gasteiger partial charge in [-0.15, -0.1) is 0 Å². The molecule has 6 nitrogen and oxygen atoms in total. The topological polar surface area (TPSA) is 76.1 Å². The van der Waals surface area contributed by atoms with E-state index in [0.29, 0.717) is 26.1 Å². The number of nitrogens with zero attached hydrogens (tertiary/aromatic N) is 1. The molecule has 19 heavy (non-hydrogen) atoms. The first-order valence-corrected chi connectivity index (χ1v) is 6.53. The van der Waals surface area contributed by atoms with Gasteiger partial charge in [-0.2, -0.15) is 0 Å². The zero-order valence-corrected chi connectivity index (χ0v) is 11.6. The number of hydrogen-bond donors (Lipinski definition) is 1. The number of carboxylic acid groups (broad SMARTS) is 1. The van der Waals surface area contributed by atoms with Gasteiger partial charge in [0.25, 0.3) is 0 Å². The summed E-state index contributed by atoms with van der Waals surface area (Å²) in [7, 11) is 0. The van der Waals surface area contributed by atoms with Crippen LogP contribution >= 0.6 is 0 Å². The zero-order valence-electron chi connectivity index (χ0n) is 11.6. The molecule has 1 spiro atoms. The molecule has 2 heterocycles. The summed E-state index contributed by atoms with van der Waals surface area (Å²) in [6, 6.07) is 0. The summed E-state index contributed by atoms with van der Waals surface area (Å²) in [6.45, 7) is 6.95. The Bertz CT molecular complexity index is 381. The lowest BCUT2D eigenvalue weighted by atomic mass is 9.86. The molecule has 2 saturated heterocycles. The van der Waals surface area contributed by atoms with Gasteiger partial charge in [0.05, 0.1) is 26.1 Å². The average Bonchev–Trinajstić information content (AvgIpc) is 2.55. The molecule has 2 rings (SSSR count). The normalized spacial score (nSPS) is 25.2. The second-order valence-electron chi connectivity index (χ2n) is 6.50. The molecule has 1 N–H and O–H groups in total. The molecule has 1 amide bonds. The Balaban J connectivity index is 1.80. The van der Waals surface area contributed by atoms with Gasteiger partial charge in [-0.3, -0.25) is 4.79 Å². The van der Waals surface area contributed by atoms with E-state index in [4.69, 9.17) is 14.6 Å². The van der Waals surface area contributed by atoms with Gasteiger partial charge in [0.1, 0.15) is 11.2 Å². The number of rotatable bonds is 2. The van der Waals surface area contributed by atoms with E-state index in [1.54, 1.807) is 4.90 Å². The number of carboxylic acids is 1. The number of likely N-dealkylation sites (tertiary alicyclic amines) is 1. The van der Waals surface area contributed by atoms with Crippen LogP contribution in [0.2, 0.25) is 0 Å². The summed E-state index contributed by atoms with van der Waals surface area (Å²) < 4.78 is 11.0. The number of aliphatic carboxylic acids is 1. The van der Waals surface area contributed by atoms with Crippen LogP contribution in [0.15, 0.2) is 0 Å². The first kappa shape index (κ1) is 14.1. The van der Waals surface area contributed by atoms with Crippen LogP contribution in [0.3, 0.4) is 0 Å². The second kappa shape index (κ2) is 4.67. The van der Waals surface area contributed by atoms with Crippen LogP contribution < -0.4 is 0 Å². The Morgan fingerprint density at radius 3 is 2.58 bits per heavy atom. The van der Waals surface area contributed by atoms with E-state index < -0.39 is 11.6 Å². The van der Waals surface area contributed by atoms with Crippen LogP contribution in [0.25, 0.3) is 0 Å². The Morgan fingerprint density at radius 1 is 1.42 bits per heavy atom. The van der Waals surface area contributed by atoms with Gasteiger partial charge in [0.15, 0.2) is 0 Å². The Labute approximate surface area is 112 Å². The molecule has 2 aliphatic rings. The van der Waals surface area contributed by atoms with Gasteiger partial charge in [-0.05, 0) is 33.1 Å². The largest absolute Gasteiger partial charge is 0.481 e. The fourth-order valence-corrected chi connectivity index (χ4v) is 2.64. The molecular weight excluding hydrogens is 250 g/mol. The molecule has 0 saturated carbocycles. The predicted molar refractivity (Wildman–Crippen MR) is 66.8 cm³/mol. The lowest BCUT2D eigenvalue weighted by Crippen LogP contribution is -2.63. The van der Waals surface area contributed by atoms with Crippen molar-refractivity contribution in [1.29, 1.82) is 0 Å². The molecule has 0 bridgehead atoms. The maximum atomic E-state index is 11.8. The summed E-state index contributed by atoms with van der Waals surface area (Å²) in [6.07, 6.45) is 0.510. The Hall–Kier alpha value is -1.30. The van der Waals surface area contributed by atoms with Crippen molar-refractivity contribution in [2.45, 2.75) is 44.8 Å². The van der Waals surface area contributed by atoms with Gasteiger partial charge in [0, 0.05) is 0 Å². The maximum Gasteiger partial charge on any atom is 0.410 e. The highest BCUT2D eigenvalue weighted by Gasteiger charge is 2.52. The number of carbonyl (C=O) groups is 2. The lowest BCUT2D eigenvalue weighted by Gasteiger charge is -2.47. The molecule has 0 aliphatic carbocycles. The van der Waals surface area contributed by atoms with E-state index in [0.717, 1.165) is 0 Å². The van der Waals surface area contributed by atoms with Crippen molar-refractivity contribution in [3.8, 4) is 0 Å². The summed E-state index contributed by atoms with van der Waals surface area (Å²) in [5, 5.41) is 8.76. The van der Waals surface area contributed by atoms with Crippen LogP contribution in [-0.2, 0) is 14.3 Å². The number of hydrogen-bond acceptors (Lipinski definition) is 4. The van der Waals surface area contributed by atoms with Gasteiger partial charge >= 0.3 is 12.1 Å². The van der Waals surface area contributed by atoms with E-state index >= 15 is 0 Å². The second-order valence-corrected chi connectivity index (χ2v) is 6.50. The van der Waals surface area contributed by atoms with E-state index in [1.165, 1.54) is 0 Å². The number of carbonyl (C=O) groups excluding carboxylic acids is 1. The molecule has 0 aromatic heterocycles. The number of amides is 1. The van der Waals surface area contributed by atoms with Crippen LogP contribution in [0.5, 0.6) is 0 Å². The van der Waals surface area contributed by atoms with Crippen molar-refractivity contribution in [3.63, 3.8) is 0 Å². The highest BCUT2D eigenvalue weighted by Crippen LogP contribution is 2.39. The minimum atomic E-state index is -0.797. The Morgan fingerprint density at radius 2 is 2.05 bits per heavy atom. The zero-order chi connectivity index (χ0) is 14.3. The van der Waals surface area contributed by atoms with Crippen molar-refractivity contribution in [3.05, 3.63) is 0 Å².